The Morgan fingerprint density at radius 2 is 1.73 bits per heavy atom. The number of aromatic nitrogens is 1. The van der Waals surface area contributed by atoms with Gasteiger partial charge in [0, 0.05) is 50.6 Å². The highest BCUT2D eigenvalue weighted by molar-refractivity contribution is 7.92. The van der Waals surface area contributed by atoms with E-state index in [4.69, 9.17) is 14.7 Å². The SMILES string of the molecule is COc1c(NC(=O)c2ccc(C)c(Oc3ccnc(CN4CCN(CC#N)CC4)c3)c2)cc(C(C)(C)C)cc1NS(C)(=O)=O. The lowest BCUT2D eigenvalue weighted by atomic mass is 9.86. The molecule has 3 aromatic rings. The maximum atomic E-state index is 13.5. The molecule has 2 heterocycles. The first-order valence-electron chi connectivity index (χ1n) is 14.3. The molecule has 1 aliphatic heterocycles. The fourth-order valence-electron chi connectivity index (χ4n) is 4.86. The summed E-state index contributed by atoms with van der Waals surface area (Å²) in [6, 6.07) is 14.6. The van der Waals surface area contributed by atoms with Gasteiger partial charge in [-0.3, -0.25) is 24.3 Å². The van der Waals surface area contributed by atoms with Gasteiger partial charge in [0.1, 0.15) is 11.5 Å². The summed E-state index contributed by atoms with van der Waals surface area (Å²) in [5, 5.41) is 11.8. The lowest BCUT2D eigenvalue weighted by Crippen LogP contribution is -2.45. The quantitative estimate of drug-likeness (QED) is 0.308. The standard InChI is InChI=1S/C32H40N6O5S/c1-22-7-8-23(31(39)35-27-18-24(32(2,3)4)19-28(30(27)42-5)36-44(6,40)41)17-29(22)43-26-9-11-34-25(20-26)21-38-15-13-37(12-10-33)14-16-38/h7-9,11,17-20,36H,12-16,21H2,1-6H3,(H,35,39). The van der Waals surface area contributed by atoms with Crippen LogP contribution in [0.3, 0.4) is 0 Å². The molecule has 0 unspecified atom stereocenters. The molecule has 1 aliphatic rings. The topological polar surface area (TPSA) is 137 Å². The zero-order valence-electron chi connectivity index (χ0n) is 26.1. The van der Waals surface area contributed by atoms with Crippen molar-refractivity contribution in [2.45, 2.75) is 39.7 Å². The van der Waals surface area contributed by atoms with Crippen LogP contribution in [0.2, 0.25) is 0 Å². The second-order valence-electron chi connectivity index (χ2n) is 12.0. The van der Waals surface area contributed by atoms with E-state index in [0.29, 0.717) is 35.8 Å². The van der Waals surface area contributed by atoms with Gasteiger partial charge in [-0.05, 0) is 53.8 Å². The number of nitrogens with zero attached hydrogens (tertiary/aromatic N) is 4. The summed E-state index contributed by atoms with van der Waals surface area (Å²) in [4.78, 5) is 22.4. The van der Waals surface area contributed by atoms with Crippen LogP contribution >= 0.6 is 0 Å². The van der Waals surface area contributed by atoms with Gasteiger partial charge in [-0.2, -0.15) is 5.26 Å². The first-order valence-corrected chi connectivity index (χ1v) is 16.2. The van der Waals surface area contributed by atoms with E-state index in [1.54, 1.807) is 36.5 Å². The largest absolute Gasteiger partial charge is 0.492 e. The minimum Gasteiger partial charge on any atom is -0.492 e. The number of nitrogens with one attached hydrogen (secondary N) is 2. The maximum absolute atomic E-state index is 13.5. The molecule has 4 rings (SSSR count). The van der Waals surface area contributed by atoms with Crippen LogP contribution in [0.5, 0.6) is 17.2 Å². The van der Waals surface area contributed by atoms with E-state index in [0.717, 1.165) is 49.3 Å². The monoisotopic (exact) mass is 620 g/mol. The molecule has 12 heteroatoms. The predicted molar refractivity (Wildman–Crippen MR) is 171 cm³/mol. The molecule has 0 radical (unpaired) electrons. The Kier molecular flexibility index (Phi) is 10.1. The van der Waals surface area contributed by atoms with Crippen LogP contribution in [-0.4, -0.2) is 75.2 Å². The summed E-state index contributed by atoms with van der Waals surface area (Å²) in [6.45, 7) is 12.4. The van der Waals surface area contributed by atoms with E-state index in [1.165, 1.54) is 7.11 Å². The van der Waals surface area contributed by atoms with Crippen molar-refractivity contribution in [3.63, 3.8) is 0 Å². The highest BCUT2D eigenvalue weighted by Crippen LogP contribution is 2.39. The zero-order chi connectivity index (χ0) is 32.1. The third-order valence-corrected chi connectivity index (χ3v) is 7.90. The van der Waals surface area contributed by atoms with Crippen LogP contribution in [0.1, 0.15) is 48.0 Å². The molecule has 44 heavy (non-hydrogen) atoms. The van der Waals surface area contributed by atoms with Gasteiger partial charge in [0.25, 0.3) is 5.91 Å². The summed E-state index contributed by atoms with van der Waals surface area (Å²) >= 11 is 0. The number of carbonyl (C=O) groups is 1. The highest BCUT2D eigenvalue weighted by atomic mass is 32.2. The number of sulfonamides is 1. The van der Waals surface area contributed by atoms with E-state index < -0.39 is 15.9 Å². The number of nitriles is 1. The number of pyridine rings is 1. The number of ether oxygens (including phenoxy) is 2. The van der Waals surface area contributed by atoms with Gasteiger partial charge < -0.3 is 14.8 Å². The van der Waals surface area contributed by atoms with E-state index >= 15 is 0 Å². The minimum absolute atomic E-state index is 0.205. The van der Waals surface area contributed by atoms with Gasteiger partial charge in [-0.1, -0.05) is 26.8 Å². The van der Waals surface area contributed by atoms with Crippen molar-refractivity contribution >= 4 is 27.3 Å². The number of rotatable bonds is 10. The molecule has 1 amide bonds. The van der Waals surface area contributed by atoms with Crippen LogP contribution in [0, 0.1) is 18.3 Å². The van der Waals surface area contributed by atoms with Crippen LogP contribution in [0.15, 0.2) is 48.7 Å². The summed E-state index contributed by atoms with van der Waals surface area (Å²) in [6.07, 6.45) is 2.77. The molecule has 0 bridgehead atoms. The van der Waals surface area contributed by atoms with Gasteiger partial charge in [0.05, 0.1) is 43.0 Å². The van der Waals surface area contributed by atoms with E-state index in [9.17, 15) is 13.2 Å². The number of carbonyl (C=O) groups excluding carboxylic acids is 1. The molecule has 1 aromatic heterocycles. The number of anilines is 2. The number of hydrogen-bond donors (Lipinski definition) is 2. The average molecular weight is 621 g/mol. The number of hydrogen-bond acceptors (Lipinski definition) is 9. The Labute approximate surface area is 259 Å². The van der Waals surface area contributed by atoms with Crippen molar-refractivity contribution in [1.29, 1.82) is 5.26 Å². The Bertz CT molecular complexity index is 1650. The van der Waals surface area contributed by atoms with Crippen LogP contribution in [-0.2, 0) is 22.0 Å². The summed E-state index contributed by atoms with van der Waals surface area (Å²) in [7, 11) is -2.18. The molecular formula is C32H40N6O5S. The second-order valence-corrected chi connectivity index (χ2v) is 13.7. The molecule has 0 spiro atoms. The minimum atomic E-state index is -3.60. The van der Waals surface area contributed by atoms with Gasteiger partial charge in [-0.25, -0.2) is 8.42 Å². The highest BCUT2D eigenvalue weighted by Gasteiger charge is 2.23. The Hall–Kier alpha value is -4.18. The number of benzene rings is 2. The van der Waals surface area contributed by atoms with E-state index in [2.05, 4.69) is 30.9 Å². The second kappa shape index (κ2) is 13.6. The van der Waals surface area contributed by atoms with Crippen molar-refractivity contribution < 1.29 is 22.7 Å². The third kappa shape index (κ3) is 8.69. The number of amides is 1. The molecule has 0 atom stereocenters. The molecule has 1 saturated heterocycles. The Morgan fingerprint density at radius 3 is 2.36 bits per heavy atom. The van der Waals surface area contributed by atoms with Gasteiger partial charge in [0.15, 0.2) is 5.75 Å². The van der Waals surface area contributed by atoms with Crippen molar-refractivity contribution in [2.75, 3.05) is 56.1 Å². The Morgan fingerprint density at radius 1 is 1.05 bits per heavy atom. The van der Waals surface area contributed by atoms with E-state index in [-0.39, 0.29) is 16.9 Å². The number of aryl methyl sites for hydroxylation is 1. The summed E-state index contributed by atoms with van der Waals surface area (Å²) in [5.74, 6) is 0.927. The number of piperazine rings is 1. The fourth-order valence-corrected chi connectivity index (χ4v) is 5.41. The average Bonchev–Trinajstić information content (AvgIpc) is 2.94. The lowest BCUT2D eigenvalue weighted by molar-refractivity contribution is 0.102. The Balaban J connectivity index is 1.53. The van der Waals surface area contributed by atoms with Crippen LogP contribution < -0.4 is 19.5 Å². The van der Waals surface area contributed by atoms with Gasteiger partial charge in [-0.15, -0.1) is 0 Å². The summed E-state index contributed by atoms with van der Waals surface area (Å²) < 4.78 is 38.4. The van der Waals surface area contributed by atoms with Crippen molar-refractivity contribution in [3.8, 4) is 23.3 Å². The molecule has 0 aliphatic carbocycles. The summed E-state index contributed by atoms with van der Waals surface area (Å²) in [5.41, 5.74) is 3.13. The van der Waals surface area contributed by atoms with E-state index in [1.807, 2.05) is 39.8 Å². The molecule has 0 saturated carbocycles. The number of methoxy groups -OCH3 is 1. The van der Waals surface area contributed by atoms with Crippen LogP contribution in [0.25, 0.3) is 0 Å². The van der Waals surface area contributed by atoms with Crippen LogP contribution in [0.4, 0.5) is 11.4 Å². The predicted octanol–water partition coefficient (Wildman–Crippen LogP) is 4.75. The van der Waals surface area contributed by atoms with Crippen molar-refractivity contribution in [2.24, 2.45) is 0 Å². The molecular weight excluding hydrogens is 580 g/mol. The van der Waals surface area contributed by atoms with Crippen molar-refractivity contribution in [3.05, 3.63) is 71.0 Å². The first-order chi connectivity index (χ1) is 20.8. The third-order valence-electron chi connectivity index (χ3n) is 7.31. The molecule has 234 valence electrons. The molecule has 2 N–H and O–H groups in total. The fraction of sp³-hybridized carbons (Fsp3) is 0.406. The van der Waals surface area contributed by atoms with Crippen molar-refractivity contribution in [1.82, 2.24) is 14.8 Å². The normalized spacial score (nSPS) is 14.5. The molecule has 11 nitrogen and oxygen atoms in total. The van der Waals surface area contributed by atoms with Gasteiger partial charge in [0.2, 0.25) is 10.0 Å². The molecule has 2 aromatic carbocycles. The molecule has 1 fully saturated rings. The lowest BCUT2D eigenvalue weighted by Gasteiger charge is -2.33. The van der Waals surface area contributed by atoms with Gasteiger partial charge >= 0.3 is 0 Å². The first kappa shape index (κ1) is 32.7. The maximum Gasteiger partial charge on any atom is 0.255 e. The zero-order valence-corrected chi connectivity index (χ0v) is 26.9. The smallest absolute Gasteiger partial charge is 0.255 e.